The third kappa shape index (κ3) is 2.75. The van der Waals surface area contributed by atoms with Gasteiger partial charge < -0.3 is 16.8 Å². The van der Waals surface area contributed by atoms with Crippen LogP contribution in [0.5, 0.6) is 0 Å². The predicted molar refractivity (Wildman–Crippen MR) is 74.4 cm³/mol. The molecular weight excluding hydrogens is 226 g/mol. The molecular formula is C14H21N3O. The highest BCUT2D eigenvalue weighted by Gasteiger charge is 2.19. The molecule has 0 aromatic heterocycles. The lowest BCUT2D eigenvalue weighted by atomic mass is 9.87. The molecule has 1 aromatic rings. The minimum absolute atomic E-state index is 0.393. The van der Waals surface area contributed by atoms with Crippen molar-refractivity contribution in [3.63, 3.8) is 0 Å². The Balaban J connectivity index is 2.10. The SMILES string of the molecule is CC1CCC(Nc2cccc(C(N)=O)c2N)CC1. The van der Waals surface area contributed by atoms with E-state index < -0.39 is 5.91 Å². The summed E-state index contributed by atoms with van der Waals surface area (Å²) in [5.41, 5.74) is 12.9. The number of amides is 1. The zero-order chi connectivity index (χ0) is 13.1. The fourth-order valence-electron chi connectivity index (χ4n) is 2.53. The molecule has 0 saturated heterocycles. The summed E-state index contributed by atoms with van der Waals surface area (Å²) in [5.74, 6) is 0.339. The van der Waals surface area contributed by atoms with Gasteiger partial charge in [-0.1, -0.05) is 13.0 Å². The second-order valence-corrected chi connectivity index (χ2v) is 5.23. The maximum absolute atomic E-state index is 11.2. The van der Waals surface area contributed by atoms with E-state index in [0.717, 1.165) is 24.4 Å². The van der Waals surface area contributed by atoms with Crippen molar-refractivity contribution in [3.05, 3.63) is 23.8 Å². The number of hydrogen-bond donors (Lipinski definition) is 3. The van der Waals surface area contributed by atoms with Gasteiger partial charge in [0.05, 0.1) is 16.9 Å². The summed E-state index contributed by atoms with van der Waals surface area (Å²) in [5, 5.41) is 3.43. The van der Waals surface area contributed by atoms with Gasteiger partial charge in [-0.25, -0.2) is 0 Å². The molecule has 1 amide bonds. The molecule has 2 rings (SSSR count). The maximum Gasteiger partial charge on any atom is 0.250 e. The minimum Gasteiger partial charge on any atom is -0.396 e. The molecule has 0 aliphatic heterocycles. The van der Waals surface area contributed by atoms with Crippen molar-refractivity contribution < 1.29 is 4.79 Å². The van der Waals surface area contributed by atoms with E-state index in [1.54, 1.807) is 6.07 Å². The number of carbonyl (C=O) groups excluding carboxylic acids is 1. The van der Waals surface area contributed by atoms with Crippen LogP contribution in [0.15, 0.2) is 18.2 Å². The highest BCUT2D eigenvalue weighted by molar-refractivity contribution is 6.00. The lowest BCUT2D eigenvalue weighted by Gasteiger charge is -2.28. The summed E-state index contributed by atoms with van der Waals surface area (Å²) < 4.78 is 0. The maximum atomic E-state index is 11.2. The number of nitrogens with two attached hydrogens (primary N) is 2. The molecule has 0 radical (unpaired) electrons. The zero-order valence-corrected chi connectivity index (χ0v) is 10.8. The number of para-hydroxylation sites is 1. The number of hydrogen-bond acceptors (Lipinski definition) is 3. The number of nitrogen functional groups attached to an aromatic ring is 1. The molecule has 0 unspecified atom stereocenters. The Labute approximate surface area is 108 Å². The summed E-state index contributed by atoms with van der Waals surface area (Å²) in [7, 11) is 0. The van der Waals surface area contributed by atoms with Crippen LogP contribution in [0, 0.1) is 5.92 Å². The largest absolute Gasteiger partial charge is 0.396 e. The Bertz CT molecular complexity index is 437. The van der Waals surface area contributed by atoms with Crippen LogP contribution in [0.3, 0.4) is 0 Å². The van der Waals surface area contributed by atoms with E-state index in [2.05, 4.69) is 12.2 Å². The monoisotopic (exact) mass is 247 g/mol. The van der Waals surface area contributed by atoms with Crippen LogP contribution in [-0.4, -0.2) is 11.9 Å². The van der Waals surface area contributed by atoms with Crippen molar-refractivity contribution in [3.8, 4) is 0 Å². The minimum atomic E-state index is -0.478. The van der Waals surface area contributed by atoms with Gasteiger partial charge in [-0.05, 0) is 43.7 Å². The molecule has 98 valence electrons. The number of benzene rings is 1. The van der Waals surface area contributed by atoms with Crippen LogP contribution in [0.2, 0.25) is 0 Å². The van der Waals surface area contributed by atoms with E-state index in [1.165, 1.54) is 12.8 Å². The highest BCUT2D eigenvalue weighted by atomic mass is 16.1. The molecule has 1 aliphatic carbocycles. The number of rotatable bonds is 3. The van der Waals surface area contributed by atoms with Gasteiger partial charge in [0.2, 0.25) is 0 Å². The van der Waals surface area contributed by atoms with Gasteiger partial charge in [-0.2, -0.15) is 0 Å². The van der Waals surface area contributed by atoms with Crippen LogP contribution < -0.4 is 16.8 Å². The molecule has 0 bridgehead atoms. The molecule has 1 aliphatic rings. The number of anilines is 2. The summed E-state index contributed by atoms with van der Waals surface area (Å²) in [6.45, 7) is 2.29. The molecule has 1 fully saturated rings. The molecule has 1 aromatic carbocycles. The van der Waals surface area contributed by atoms with Crippen molar-refractivity contribution in [1.29, 1.82) is 0 Å². The second kappa shape index (κ2) is 5.29. The Morgan fingerprint density at radius 2 is 1.94 bits per heavy atom. The fraction of sp³-hybridized carbons (Fsp3) is 0.500. The predicted octanol–water partition coefficient (Wildman–Crippen LogP) is 2.36. The molecule has 1 saturated carbocycles. The van der Waals surface area contributed by atoms with Gasteiger partial charge in [-0.15, -0.1) is 0 Å². The quantitative estimate of drug-likeness (QED) is 0.717. The smallest absolute Gasteiger partial charge is 0.250 e. The first kappa shape index (κ1) is 12.7. The summed E-state index contributed by atoms with van der Waals surface area (Å²) >= 11 is 0. The van der Waals surface area contributed by atoms with Gasteiger partial charge in [0.1, 0.15) is 0 Å². The van der Waals surface area contributed by atoms with E-state index in [4.69, 9.17) is 11.5 Å². The fourth-order valence-corrected chi connectivity index (χ4v) is 2.53. The van der Waals surface area contributed by atoms with Gasteiger partial charge >= 0.3 is 0 Å². The Morgan fingerprint density at radius 1 is 1.28 bits per heavy atom. The first-order chi connectivity index (χ1) is 8.58. The number of primary amides is 1. The molecule has 0 spiro atoms. The van der Waals surface area contributed by atoms with E-state index in [1.807, 2.05) is 12.1 Å². The van der Waals surface area contributed by atoms with Crippen LogP contribution in [0.1, 0.15) is 43.0 Å². The number of carbonyl (C=O) groups is 1. The number of nitrogens with one attached hydrogen (secondary N) is 1. The Hall–Kier alpha value is -1.71. The summed E-state index contributed by atoms with van der Waals surface area (Å²) in [6, 6.07) is 5.82. The van der Waals surface area contributed by atoms with Gasteiger partial charge in [0.15, 0.2) is 0 Å². The molecule has 0 heterocycles. The van der Waals surface area contributed by atoms with E-state index in [9.17, 15) is 4.79 Å². The summed E-state index contributed by atoms with van der Waals surface area (Å²) in [4.78, 5) is 11.2. The normalized spacial score (nSPS) is 23.6. The molecule has 4 heteroatoms. The van der Waals surface area contributed by atoms with Crippen molar-refractivity contribution in [2.75, 3.05) is 11.1 Å². The van der Waals surface area contributed by atoms with Crippen molar-refractivity contribution in [2.24, 2.45) is 11.7 Å². The lowest BCUT2D eigenvalue weighted by molar-refractivity contribution is 0.100. The topological polar surface area (TPSA) is 81.1 Å². The van der Waals surface area contributed by atoms with E-state index in [0.29, 0.717) is 17.3 Å². The van der Waals surface area contributed by atoms with Crippen molar-refractivity contribution in [1.82, 2.24) is 0 Å². The van der Waals surface area contributed by atoms with Crippen LogP contribution >= 0.6 is 0 Å². The van der Waals surface area contributed by atoms with Crippen LogP contribution in [-0.2, 0) is 0 Å². The lowest BCUT2D eigenvalue weighted by Crippen LogP contribution is -2.26. The molecule has 5 N–H and O–H groups in total. The first-order valence-corrected chi connectivity index (χ1v) is 6.52. The van der Waals surface area contributed by atoms with Gasteiger partial charge in [0.25, 0.3) is 5.91 Å². The third-order valence-electron chi connectivity index (χ3n) is 3.75. The Morgan fingerprint density at radius 3 is 2.56 bits per heavy atom. The van der Waals surface area contributed by atoms with Gasteiger partial charge in [-0.3, -0.25) is 4.79 Å². The summed E-state index contributed by atoms with van der Waals surface area (Å²) in [6.07, 6.45) is 4.79. The van der Waals surface area contributed by atoms with Crippen LogP contribution in [0.4, 0.5) is 11.4 Å². The Kier molecular flexibility index (Phi) is 3.75. The van der Waals surface area contributed by atoms with E-state index >= 15 is 0 Å². The molecule has 0 atom stereocenters. The van der Waals surface area contributed by atoms with Gasteiger partial charge in [0, 0.05) is 6.04 Å². The molecule has 18 heavy (non-hydrogen) atoms. The zero-order valence-electron chi connectivity index (χ0n) is 10.8. The van der Waals surface area contributed by atoms with Crippen LogP contribution in [0.25, 0.3) is 0 Å². The van der Waals surface area contributed by atoms with Crippen molar-refractivity contribution in [2.45, 2.75) is 38.6 Å². The van der Waals surface area contributed by atoms with E-state index in [-0.39, 0.29) is 0 Å². The average Bonchev–Trinajstić information content (AvgIpc) is 2.34. The van der Waals surface area contributed by atoms with Crippen molar-refractivity contribution >= 4 is 17.3 Å². The molecule has 4 nitrogen and oxygen atoms in total. The highest BCUT2D eigenvalue weighted by Crippen LogP contribution is 2.29. The average molecular weight is 247 g/mol. The standard InChI is InChI=1S/C14H21N3O/c1-9-5-7-10(8-6-9)17-12-4-2-3-11(13(12)15)14(16)18/h2-4,9-10,17H,5-8,15H2,1H3,(H2,16,18). The third-order valence-corrected chi connectivity index (χ3v) is 3.75. The second-order valence-electron chi connectivity index (χ2n) is 5.23. The first-order valence-electron chi connectivity index (χ1n) is 6.52.